The van der Waals surface area contributed by atoms with Crippen molar-refractivity contribution < 1.29 is 4.39 Å². The minimum atomic E-state index is -0.524. The second-order valence-electron chi connectivity index (χ2n) is 8.91. The van der Waals surface area contributed by atoms with Gasteiger partial charge < -0.3 is 21.3 Å². The molecule has 2 heterocycles. The topological polar surface area (TPSA) is 83.2 Å². The minimum absolute atomic E-state index is 0.00670. The fourth-order valence-electron chi connectivity index (χ4n) is 4.53. The van der Waals surface area contributed by atoms with Crippen LogP contribution >= 0.6 is 23.2 Å². The fraction of sp³-hybridized carbons (Fsp3) is 0.333. The normalized spacial score (nSPS) is 17.6. The van der Waals surface area contributed by atoms with E-state index in [1.54, 1.807) is 6.08 Å². The number of nitrogens with zero attached hydrogens (tertiary/aromatic N) is 4. The van der Waals surface area contributed by atoms with Crippen molar-refractivity contribution in [3.05, 3.63) is 81.2 Å². The first-order valence-corrected chi connectivity index (χ1v) is 12.8. The summed E-state index contributed by atoms with van der Waals surface area (Å²) in [6.45, 7) is 9.79. The summed E-state index contributed by atoms with van der Waals surface area (Å²) in [5, 5.41) is 0.374. The van der Waals surface area contributed by atoms with Crippen molar-refractivity contribution in [2.75, 3.05) is 26.2 Å². The van der Waals surface area contributed by atoms with E-state index < -0.39 is 5.82 Å². The number of rotatable bonds is 7. The molecule has 2 aliphatic heterocycles. The van der Waals surface area contributed by atoms with Crippen molar-refractivity contribution in [3.63, 3.8) is 0 Å². The highest BCUT2D eigenvalue weighted by atomic mass is 35.5. The summed E-state index contributed by atoms with van der Waals surface area (Å²) in [6, 6.07) is 8.89. The van der Waals surface area contributed by atoms with Gasteiger partial charge in [0.05, 0.1) is 23.0 Å². The van der Waals surface area contributed by atoms with Gasteiger partial charge >= 0.3 is 0 Å². The van der Waals surface area contributed by atoms with Gasteiger partial charge in [0, 0.05) is 48.5 Å². The molecule has 0 atom stereocenters. The molecule has 2 aliphatic rings. The molecule has 2 aromatic rings. The average molecular weight is 529 g/mol. The Labute approximate surface area is 221 Å². The predicted molar refractivity (Wildman–Crippen MR) is 148 cm³/mol. The number of amidine groups is 2. The van der Waals surface area contributed by atoms with Crippen molar-refractivity contribution >= 4 is 46.3 Å². The van der Waals surface area contributed by atoms with Crippen LogP contribution in [0.15, 0.2) is 58.7 Å². The van der Waals surface area contributed by atoms with Crippen molar-refractivity contribution in [1.82, 2.24) is 9.80 Å². The van der Waals surface area contributed by atoms with E-state index in [1.165, 1.54) is 25.0 Å². The molecule has 0 bridgehead atoms. The van der Waals surface area contributed by atoms with E-state index in [0.29, 0.717) is 35.2 Å². The number of benzene rings is 2. The van der Waals surface area contributed by atoms with Crippen molar-refractivity contribution in [3.8, 4) is 0 Å². The van der Waals surface area contributed by atoms with Gasteiger partial charge in [0.25, 0.3) is 0 Å². The SMILES string of the molecule is C=C(c1ccc(N=C(N)/C=C2\C(N)=NCCN2Cc2c(Cl)ccc(F)c2Cl)c(CC)c1)N1CCCC1. The van der Waals surface area contributed by atoms with Gasteiger partial charge in [0.15, 0.2) is 0 Å². The number of aryl methyl sites for hydroxylation is 1. The lowest BCUT2D eigenvalue weighted by Crippen LogP contribution is -2.38. The van der Waals surface area contributed by atoms with E-state index in [1.807, 2.05) is 17.0 Å². The number of likely N-dealkylation sites (tertiary alicyclic amines) is 1. The number of halogens is 3. The Balaban J connectivity index is 1.61. The zero-order chi connectivity index (χ0) is 25.8. The first kappa shape index (κ1) is 26.0. The number of aliphatic imine (C=N–C) groups is 2. The summed E-state index contributed by atoms with van der Waals surface area (Å²) >= 11 is 12.5. The Morgan fingerprint density at radius 1 is 1.19 bits per heavy atom. The molecule has 0 aromatic heterocycles. The maximum atomic E-state index is 14.1. The van der Waals surface area contributed by atoms with Crippen LogP contribution in [0.1, 0.15) is 36.5 Å². The van der Waals surface area contributed by atoms with Crippen LogP contribution in [0.2, 0.25) is 10.0 Å². The van der Waals surface area contributed by atoms with Crippen molar-refractivity contribution in [2.24, 2.45) is 21.5 Å². The van der Waals surface area contributed by atoms with Gasteiger partial charge in [0.1, 0.15) is 17.5 Å². The lowest BCUT2D eigenvalue weighted by Gasteiger charge is -2.30. The predicted octanol–water partition coefficient (Wildman–Crippen LogP) is 5.51. The van der Waals surface area contributed by atoms with Gasteiger partial charge in [-0.2, -0.15) is 0 Å². The van der Waals surface area contributed by atoms with E-state index in [4.69, 9.17) is 34.7 Å². The van der Waals surface area contributed by atoms with Crippen LogP contribution < -0.4 is 11.5 Å². The third-order valence-corrected chi connectivity index (χ3v) is 7.32. The molecular formula is C27H31Cl2FN6. The van der Waals surface area contributed by atoms with E-state index in [2.05, 4.69) is 34.5 Å². The molecule has 0 spiro atoms. The first-order chi connectivity index (χ1) is 17.3. The molecule has 1 saturated heterocycles. The molecule has 36 heavy (non-hydrogen) atoms. The summed E-state index contributed by atoms with van der Waals surface area (Å²) in [7, 11) is 0. The zero-order valence-corrected chi connectivity index (χ0v) is 21.9. The van der Waals surface area contributed by atoms with Gasteiger partial charge in [-0.05, 0) is 54.7 Å². The number of nitrogens with two attached hydrogens (primary N) is 2. The minimum Gasteiger partial charge on any atom is -0.384 e. The van der Waals surface area contributed by atoms with Gasteiger partial charge in [-0.25, -0.2) is 9.38 Å². The van der Waals surface area contributed by atoms with Crippen LogP contribution in [0.5, 0.6) is 0 Å². The van der Waals surface area contributed by atoms with Gasteiger partial charge in [-0.1, -0.05) is 42.8 Å². The highest BCUT2D eigenvalue weighted by molar-refractivity contribution is 6.36. The molecule has 0 radical (unpaired) electrons. The second-order valence-corrected chi connectivity index (χ2v) is 9.70. The molecule has 1 fully saturated rings. The largest absolute Gasteiger partial charge is 0.384 e. The second kappa shape index (κ2) is 11.4. The molecule has 0 aliphatic carbocycles. The number of hydrogen-bond donors (Lipinski definition) is 2. The lowest BCUT2D eigenvalue weighted by atomic mass is 10.0. The maximum Gasteiger partial charge on any atom is 0.142 e. The van der Waals surface area contributed by atoms with Gasteiger partial charge in [-0.15, -0.1) is 0 Å². The standard InChI is InChI=1S/C27H31Cl2FN6/c1-3-18-14-19(17(2)35-11-4-5-12-35)6-9-23(18)34-25(31)15-24-27(32)33-10-13-36(24)16-20-21(28)7-8-22(30)26(20)29/h6-9,14-15H,2-5,10-13,16H2,1H3,(H2,31,34)(H2,32,33)/b24-15+. The van der Waals surface area contributed by atoms with Gasteiger partial charge in [-0.3, -0.25) is 4.99 Å². The molecule has 4 rings (SSSR count). The number of hydrogen-bond acceptors (Lipinski definition) is 5. The molecule has 190 valence electrons. The summed E-state index contributed by atoms with van der Waals surface area (Å²) < 4.78 is 14.1. The van der Waals surface area contributed by atoms with Gasteiger partial charge in [0.2, 0.25) is 0 Å². The Bertz CT molecular complexity index is 1250. The molecule has 6 nitrogen and oxygen atoms in total. The van der Waals surface area contributed by atoms with Crippen molar-refractivity contribution in [2.45, 2.75) is 32.7 Å². The third-order valence-electron chi connectivity index (χ3n) is 6.56. The van der Waals surface area contributed by atoms with Crippen LogP contribution in [0.25, 0.3) is 5.70 Å². The van der Waals surface area contributed by atoms with Crippen LogP contribution in [0.4, 0.5) is 10.1 Å². The highest BCUT2D eigenvalue weighted by Crippen LogP contribution is 2.31. The molecule has 0 amide bonds. The molecule has 0 unspecified atom stereocenters. The monoisotopic (exact) mass is 528 g/mol. The summed E-state index contributed by atoms with van der Waals surface area (Å²) in [6.07, 6.45) is 4.90. The highest BCUT2D eigenvalue weighted by Gasteiger charge is 2.22. The fourth-order valence-corrected chi connectivity index (χ4v) is 5.02. The van der Waals surface area contributed by atoms with E-state index in [0.717, 1.165) is 42.0 Å². The van der Waals surface area contributed by atoms with E-state index in [-0.39, 0.29) is 17.4 Å². The van der Waals surface area contributed by atoms with Crippen molar-refractivity contribution in [1.29, 1.82) is 0 Å². The lowest BCUT2D eigenvalue weighted by molar-refractivity contribution is 0.352. The molecule has 0 saturated carbocycles. The van der Waals surface area contributed by atoms with E-state index in [9.17, 15) is 4.39 Å². The summed E-state index contributed by atoms with van der Waals surface area (Å²) in [5.74, 6) is 0.0904. The Morgan fingerprint density at radius 2 is 1.94 bits per heavy atom. The Hall–Kier alpha value is -3.03. The Kier molecular flexibility index (Phi) is 8.21. The molecular weight excluding hydrogens is 498 g/mol. The molecule has 4 N–H and O–H groups in total. The first-order valence-electron chi connectivity index (χ1n) is 12.1. The van der Waals surface area contributed by atoms with Crippen LogP contribution in [0.3, 0.4) is 0 Å². The summed E-state index contributed by atoms with van der Waals surface area (Å²) in [4.78, 5) is 13.3. The molecule has 9 heteroatoms. The molecule has 2 aromatic carbocycles. The van der Waals surface area contributed by atoms with E-state index >= 15 is 0 Å². The van der Waals surface area contributed by atoms with Crippen LogP contribution in [-0.2, 0) is 13.0 Å². The zero-order valence-electron chi connectivity index (χ0n) is 20.4. The average Bonchev–Trinajstić information content (AvgIpc) is 3.41. The Morgan fingerprint density at radius 3 is 2.67 bits per heavy atom. The maximum absolute atomic E-state index is 14.1. The quantitative estimate of drug-likeness (QED) is 0.282. The van der Waals surface area contributed by atoms with Crippen LogP contribution in [0, 0.1) is 5.82 Å². The smallest absolute Gasteiger partial charge is 0.142 e. The third kappa shape index (κ3) is 5.68. The summed E-state index contributed by atoms with van der Waals surface area (Å²) in [5.41, 5.74) is 17.7. The van der Waals surface area contributed by atoms with Crippen LogP contribution in [-0.4, -0.2) is 47.7 Å².